The Kier molecular flexibility index (Phi) is 5.07. The smallest absolute Gasteiger partial charge is 0.123 e. The molecule has 2 rings (SSSR count). The van der Waals surface area contributed by atoms with Crippen molar-refractivity contribution >= 4 is 15.9 Å². The fraction of sp³-hybridized carbons (Fsp3) is 0.600. The zero-order valence-electron chi connectivity index (χ0n) is 11.0. The van der Waals surface area contributed by atoms with E-state index in [1.165, 1.54) is 31.2 Å². The molecule has 0 radical (unpaired) electrons. The molecule has 0 saturated heterocycles. The van der Waals surface area contributed by atoms with E-state index in [1.54, 1.807) is 0 Å². The largest absolute Gasteiger partial charge is 0.490 e. The normalized spacial score (nSPS) is 17.9. The van der Waals surface area contributed by atoms with Crippen molar-refractivity contribution in [3.8, 4) is 5.75 Å². The molecule has 0 amide bonds. The number of halogens is 1. The van der Waals surface area contributed by atoms with Crippen LogP contribution < -0.4 is 10.5 Å². The average Bonchev–Trinajstić information content (AvgIpc) is 2.85. The first-order valence-corrected chi connectivity index (χ1v) is 7.69. The van der Waals surface area contributed by atoms with Crippen LogP contribution in [0.15, 0.2) is 22.7 Å². The van der Waals surface area contributed by atoms with Gasteiger partial charge in [-0.1, -0.05) is 22.9 Å². The van der Waals surface area contributed by atoms with Gasteiger partial charge in [-0.2, -0.15) is 0 Å². The van der Waals surface area contributed by atoms with Gasteiger partial charge in [0.25, 0.3) is 0 Å². The van der Waals surface area contributed by atoms with Gasteiger partial charge in [0.15, 0.2) is 0 Å². The third kappa shape index (κ3) is 3.72. The molecule has 1 aromatic rings. The van der Waals surface area contributed by atoms with E-state index in [0.717, 1.165) is 23.1 Å². The van der Waals surface area contributed by atoms with Crippen LogP contribution >= 0.6 is 15.9 Å². The predicted octanol–water partition coefficient (Wildman–Crippen LogP) is 4.05. The molecule has 100 valence electrons. The van der Waals surface area contributed by atoms with Crippen LogP contribution in [-0.2, 0) is 6.42 Å². The summed E-state index contributed by atoms with van der Waals surface area (Å²) in [4.78, 5) is 0. The second-order valence-corrected chi connectivity index (χ2v) is 6.06. The van der Waals surface area contributed by atoms with Crippen molar-refractivity contribution in [2.45, 2.75) is 57.6 Å². The van der Waals surface area contributed by atoms with E-state index < -0.39 is 0 Å². The summed E-state index contributed by atoms with van der Waals surface area (Å²) >= 11 is 3.52. The lowest BCUT2D eigenvalue weighted by Gasteiger charge is -2.18. The Morgan fingerprint density at radius 3 is 2.78 bits per heavy atom. The number of hydrogen-bond acceptors (Lipinski definition) is 2. The quantitative estimate of drug-likeness (QED) is 0.890. The van der Waals surface area contributed by atoms with Gasteiger partial charge in [-0.05, 0) is 62.3 Å². The highest BCUT2D eigenvalue weighted by Gasteiger charge is 2.18. The molecule has 0 spiro atoms. The van der Waals surface area contributed by atoms with Crippen molar-refractivity contribution in [2.24, 2.45) is 5.73 Å². The van der Waals surface area contributed by atoms with E-state index in [1.807, 2.05) is 6.07 Å². The number of ether oxygens (including phenoxy) is 1. The standard InChI is InChI=1S/C15H22BrNO/c1-2-13(17)10-11-9-12(16)7-8-15(11)18-14-5-3-4-6-14/h7-9,13-14H,2-6,10,17H2,1H3. The van der Waals surface area contributed by atoms with Crippen molar-refractivity contribution < 1.29 is 4.74 Å². The predicted molar refractivity (Wildman–Crippen MR) is 79.0 cm³/mol. The fourth-order valence-corrected chi connectivity index (χ4v) is 2.84. The van der Waals surface area contributed by atoms with Gasteiger partial charge in [0.1, 0.15) is 5.75 Å². The van der Waals surface area contributed by atoms with Gasteiger partial charge < -0.3 is 10.5 Å². The van der Waals surface area contributed by atoms with Crippen LogP contribution in [0.1, 0.15) is 44.6 Å². The van der Waals surface area contributed by atoms with Crippen LogP contribution in [0.5, 0.6) is 5.75 Å². The molecule has 2 N–H and O–H groups in total. The first-order valence-electron chi connectivity index (χ1n) is 6.89. The second kappa shape index (κ2) is 6.58. The van der Waals surface area contributed by atoms with Crippen LogP contribution in [0.25, 0.3) is 0 Å². The SMILES string of the molecule is CCC(N)Cc1cc(Br)ccc1OC1CCCC1. The molecule has 0 bridgehead atoms. The van der Waals surface area contributed by atoms with E-state index in [4.69, 9.17) is 10.5 Å². The molecule has 18 heavy (non-hydrogen) atoms. The number of nitrogens with two attached hydrogens (primary N) is 1. The Hall–Kier alpha value is -0.540. The van der Waals surface area contributed by atoms with Crippen LogP contribution in [0, 0.1) is 0 Å². The molecule has 1 atom stereocenters. The minimum absolute atomic E-state index is 0.213. The Labute approximate surface area is 118 Å². The Balaban J connectivity index is 2.11. The van der Waals surface area contributed by atoms with E-state index in [-0.39, 0.29) is 6.04 Å². The van der Waals surface area contributed by atoms with Gasteiger partial charge in [0, 0.05) is 10.5 Å². The summed E-state index contributed by atoms with van der Waals surface area (Å²) in [5, 5.41) is 0. The molecular formula is C15H22BrNO. The summed E-state index contributed by atoms with van der Waals surface area (Å²) in [7, 11) is 0. The minimum atomic E-state index is 0.213. The summed E-state index contributed by atoms with van der Waals surface area (Å²) in [6.07, 6.45) is 7.26. The first kappa shape index (κ1) is 13.9. The van der Waals surface area contributed by atoms with Gasteiger partial charge in [0.05, 0.1) is 6.10 Å². The maximum Gasteiger partial charge on any atom is 0.123 e. The highest BCUT2D eigenvalue weighted by molar-refractivity contribution is 9.10. The molecule has 0 aliphatic heterocycles. The van der Waals surface area contributed by atoms with E-state index in [2.05, 4.69) is 35.0 Å². The zero-order valence-corrected chi connectivity index (χ0v) is 12.6. The van der Waals surface area contributed by atoms with Gasteiger partial charge in [0.2, 0.25) is 0 Å². The van der Waals surface area contributed by atoms with Crippen molar-refractivity contribution in [3.63, 3.8) is 0 Å². The molecule has 1 aromatic carbocycles. The van der Waals surface area contributed by atoms with Crippen LogP contribution in [0.3, 0.4) is 0 Å². The Morgan fingerprint density at radius 1 is 1.39 bits per heavy atom. The third-order valence-corrected chi connectivity index (χ3v) is 4.12. The minimum Gasteiger partial charge on any atom is -0.490 e. The summed E-state index contributed by atoms with van der Waals surface area (Å²) in [6, 6.07) is 6.47. The topological polar surface area (TPSA) is 35.2 Å². The lowest BCUT2D eigenvalue weighted by Crippen LogP contribution is -2.22. The van der Waals surface area contributed by atoms with Gasteiger partial charge in [-0.3, -0.25) is 0 Å². The second-order valence-electron chi connectivity index (χ2n) is 5.15. The Morgan fingerprint density at radius 2 is 2.11 bits per heavy atom. The lowest BCUT2D eigenvalue weighted by molar-refractivity contribution is 0.207. The summed E-state index contributed by atoms with van der Waals surface area (Å²) in [6.45, 7) is 2.13. The monoisotopic (exact) mass is 311 g/mol. The molecule has 3 heteroatoms. The van der Waals surface area contributed by atoms with Gasteiger partial charge in [-0.25, -0.2) is 0 Å². The maximum absolute atomic E-state index is 6.13. The third-order valence-electron chi connectivity index (χ3n) is 3.62. The molecule has 1 aliphatic rings. The molecule has 1 aliphatic carbocycles. The molecule has 2 nitrogen and oxygen atoms in total. The molecule has 0 heterocycles. The fourth-order valence-electron chi connectivity index (χ4n) is 2.44. The average molecular weight is 312 g/mol. The van der Waals surface area contributed by atoms with Crippen LogP contribution in [0.2, 0.25) is 0 Å². The van der Waals surface area contributed by atoms with Crippen molar-refractivity contribution in [1.82, 2.24) is 0 Å². The number of benzene rings is 1. The molecule has 1 saturated carbocycles. The number of rotatable bonds is 5. The van der Waals surface area contributed by atoms with Crippen LogP contribution in [0.4, 0.5) is 0 Å². The molecular weight excluding hydrogens is 290 g/mol. The van der Waals surface area contributed by atoms with Gasteiger partial charge >= 0.3 is 0 Å². The van der Waals surface area contributed by atoms with Gasteiger partial charge in [-0.15, -0.1) is 0 Å². The molecule has 0 aromatic heterocycles. The Bertz CT molecular complexity index is 388. The van der Waals surface area contributed by atoms with E-state index >= 15 is 0 Å². The number of hydrogen-bond donors (Lipinski definition) is 1. The first-order chi connectivity index (χ1) is 8.69. The summed E-state index contributed by atoms with van der Waals surface area (Å²) < 4.78 is 7.23. The zero-order chi connectivity index (χ0) is 13.0. The molecule has 1 unspecified atom stereocenters. The highest BCUT2D eigenvalue weighted by atomic mass is 79.9. The maximum atomic E-state index is 6.13. The van der Waals surface area contributed by atoms with E-state index in [0.29, 0.717) is 6.10 Å². The summed E-state index contributed by atoms with van der Waals surface area (Å²) in [5.41, 5.74) is 7.29. The van der Waals surface area contributed by atoms with Crippen molar-refractivity contribution in [1.29, 1.82) is 0 Å². The highest BCUT2D eigenvalue weighted by Crippen LogP contribution is 2.29. The van der Waals surface area contributed by atoms with Crippen LogP contribution in [-0.4, -0.2) is 12.1 Å². The van der Waals surface area contributed by atoms with E-state index in [9.17, 15) is 0 Å². The summed E-state index contributed by atoms with van der Waals surface area (Å²) in [5.74, 6) is 1.02. The van der Waals surface area contributed by atoms with Crippen molar-refractivity contribution in [2.75, 3.05) is 0 Å². The van der Waals surface area contributed by atoms with Crippen molar-refractivity contribution in [3.05, 3.63) is 28.2 Å². The lowest BCUT2D eigenvalue weighted by atomic mass is 10.0. The molecule has 1 fully saturated rings.